The van der Waals surface area contributed by atoms with E-state index >= 15 is 0 Å². The van der Waals surface area contributed by atoms with Crippen LogP contribution in [-0.2, 0) is 64.0 Å². The molecule has 3 rings (SSSR count). The molecule has 2 heterocycles. The first kappa shape index (κ1) is 69.0. The fourth-order valence-corrected chi connectivity index (χ4v) is 9.59. The second kappa shape index (κ2) is 34.2. The summed E-state index contributed by atoms with van der Waals surface area (Å²) < 4.78 is 0. The largest absolute Gasteiger partial charge is 0.480 e. The van der Waals surface area contributed by atoms with Crippen LogP contribution < -0.4 is 59.7 Å². The predicted molar refractivity (Wildman–Crippen MR) is 296 cm³/mol. The van der Waals surface area contributed by atoms with Crippen LogP contribution in [0.25, 0.3) is 0 Å². The third kappa shape index (κ3) is 22.6. The number of aliphatic carboxylic acids is 1. The van der Waals surface area contributed by atoms with E-state index in [9.17, 15) is 72.9 Å². The molecule has 82 heavy (non-hydrogen) atoms. The molecule has 1 aromatic carbocycles. The van der Waals surface area contributed by atoms with E-state index in [0.29, 0.717) is 37.7 Å². The van der Waals surface area contributed by atoms with Crippen LogP contribution in [0.1, 0.15) is 118 Å². The number of rotatable bonds is 34. The molecule has 2 aliphatic heterocycles. The van der Waals surface area contributed by atoms with Crippen LogP contribution in [0.15, 0.2) is 30.3 Å². The Labute approximate surface area is 477 Å². The van der Waals surface area contributed by atoms with Crippen LogP contribution >= 0.6 is 0 Å². The Bertz CT molecular complexity index is 2380. The molecule has 28 nitrogen and oxygen atoms in total. The van der Waals surface area contributed by atoms with Crippen molar-refractivity contribution in [1.82, 2.24) is 52.3 Å². The van der Waals surface area contributed by atoms with Crippen LogP contribution in [0.3, 0.4) is 0 Å². The average molecular weight is 1160 g/mol. The zero-order chi connectivity index (χ0) is 61.4. The van der Waals surface area contributed by atoms with Gasteiger partial charge in [0, 0.05) is 25.9 Å². The Hall–Kier alpha value is -7.30. The minimum absolute atomic E-state index is 0.0131. The summed E-state index contributed by atoms with van der Waals surface area (Å²) in [6.07, 6.45) is -1.22. The Morgan fingerprint density at radius 3 is 1.56 bits per heavy atom. The smallest absolute Gasteiger partial charge is 0.326 e. The number of amides is 11. The second-order valence-corrected chi connectivity index (χ2v) is 21.8. The summed E-state index contributed by atoms with van der Waals surface area (Å²) in [5.41, 5.74) is 17.8. The normalized spacial score (nSPS) is 18.3. The van der Waals surface area contributed by atoms with E-state index < -0.39 is 151 Å². The molecule has 0 aromatic heterocycles. The lowest BCUT2D eigenvalue weighted by Crippen LogP contribution is -2.62. The first-order valence-electron chi connectivity index (χ1n) is 28.0. The van der Waals surface area contributed by atoms with E-state index in [1.165, 1.54) is 16.7 Å². The molecule has 11 atom stereocenters. The Morgan fingerprint density at radius 1 is 0.585 bits per heavy atom. The highest BCUT2D eigenvalue weighted by atomic mass is 16.4. The van der Waals surface area contributed by atoms with Gasteiger partial charge in [0.15, 0.2) is 0 Å². The summed E-state index contributed by atoms with van der Waals surface area (Å²) in [7, 11) is 0. The lowest BCUT2D eigenvalue weighted by molar-refractivity contribution is -0.143. The van der Waals surface area contributed by atoms with Crippen LogP contribution in [0.2, 0.25) is 0 Å². The van der Waals surface area contributed by atoms with Gasteiger partial charge < -0.3 is 84.9 Å². The predicted octanol–water partition coefficient (Wildman–Crippen LogP) is -3.99. The van der Waals surface area contributed by atoms with E-state index in [-0.39, 0.29) is 76.4 Å². The lowest BCUT2D eigenvalue weighted by atomic mass is 10.0. The molecule has 0 spiro atoms. The van der Waals surface area contributed by atoms with Gasteiger partial charge in [-0.3, -0.25) is 52.7 Å². The Morgan fingerprint density at radius 2 is 1.07 bits per heavy atom. The molecule has 2 saturated heterocycles. The van der Waals surface area contributed by atoms with Crippen molar-refractivity contribution in [3.05, 3.63) is 35.9 Å². The van der Waals surface area contributed by atoms with Gasteiger partial charge in [0.25, 0.3) is 0 Å². The molecular formula is C54H87N13O15. The number of hydrogen-bond donors (Lipinski definition) is 14. The van der Waals surface area contributed by atoms with Crippen LogP contribution in [0.4, 0.5) is 0 Å². The van der Waals surface area contributed by atoms with E-state index in [0.717, 1.165) is 6.92 Å². The fraction of sp³-hybridized carbons (Fsp3) is 0.667. The summed E-state index contributed by atoms with van der Waals surface area (Å²) >= 11 is 0. The van der Waals surface area contributed by atoms with Gasteiger partial charge in [-0.2, -0.15) is 0 Å². The number of carbonyl (C=O) groups is 12. The standard InChI is InChI=1S/C54H87N13O15/c1-29(2)24-34(56)52(79)66-22-12-17-39(66)48(75)62-36(19-20-41(57)70)47(74)59-28-43(72)64-44(31(5)68)51(78)65-45(32(6)69)50(77)63-37(25-30(3)4)53(80)67-23-13-18-40(67)49(76)61-35(16-10-11-21-55)46(73)58-27-42(71)60-38(54(81)82)26-33-14-8-7-9-15-33/h7-9,14-15,29-32,34-40,44-45,68-69H,10-13,16-28,55-56H2,1-6H3,(H2,57,70)(H,58,73)(H,59,74)(H,60,71)(H,61,76)(H,62,75)(H,63,77)(H,64,72)(H,65,78)(H,81,82)/t31-,32-,34+,35+,36+,37+,38+,39+,40+,44+,45+/m1/s1. The minimum atomic E-state index is -1.79. The van der Waals surface area contributed by atoms with Crippen molar-refractivity contribution >= 4 is 70.9 Å². The van der Waals surface area contributed by atoms with E-state index in [1.54, 1.807) is 44.2 Å². The van der Waals surface area contributed by atoms with E-state index in [2.05, 4.69) is 42.5 Å². The maximum Gasteiger partial charge on any atom is 0.326 e. The minimum Gasteiger partial charge on any atom is -0.480 e. The third-order valence-electron chi connectivity index (χ3n) is 13.8. The topological polar surface area (TPSA) is 446 Å². The maximum absolute atomic E-state index is 14.4. The summed E-state index contributed by atoms with van der Waals surface area (Å²) in [5, 5.41) is 50.7. The van der Waals surface area contributed by atoms with Gasteiger partial charge in [-0.15, -0.1) is 0 Å². The zero-order valence-corrected chi connectivity index (χ0v) is 47.8. The molecule has 0 radical (unpaired) electrons. The monoisotopic (exact) mass is 1160 g/mol. The number of unbranched alkanes of at least 4 members (excludes halogenated alkanes) is 1. The Kier molecular flexibility index (Phi) is 28.8. The number of nitrogens with two attached hydrogens (primary N) is 3. The van der Waals surface area contributed by atoms with Crippen molar-refractivity contribution in [2.45, 2.75) is 185 Å². The fourth-order valence-electron chi connectivity index (χ4n) is 9.59. The highest BCUT2D eigenvalue weighted by Gasteiger charge is 2.42. The van der Waals surface area contributed by atoms with Crippen LogP contribution in [0, 0.1) is 11.8 Å². The van der Waals surface area contributed by atoms with Crippen molar-refractivity contribution in [3.63, 3.8) is 0 Å². The van der Waals surface area contributed by atoms with Crippen LogP contribution in [0.5, 0.6) is 0 Å². The number of nitrogens with one attached hydrogen (secondary N) is 8. The maximum atomic E-state index is 14.4. The quantitative estimate of drug-likeness (QED) is 0.0293. The zero-order valence-electron chi connectivity index (χ0n) is 47.8. The highest BCUT2D eigenvalue weighted by Crippen LogP contribution is 2.23. The second-order valence-electron chi connectivity index (χ2n) is 21.8. The lowest BCUT2D eigenvalue weighted by Gasteiger charge is -2.32. The van der Waals surface area contributed by atoms with Gasteiger partial charge in [0.2, 0.25) is 65.0 Å². The van der Waals surface area contributed by atoms with E-state index in [4.69, 9.17) is 17.2 Å². The Balaban J connectivity index is 1.68. The van der Waals surface area contributed by atoms with Crippen LogP contribution in [-0.4, -0.2) is 195 Å². The number of carboxylic acid groups (broad SMARTS) is 1. The molecule has 2 aliphatic rings. The van der Waals surface area contributed by atoms with Gasteiger partial charge in [-0.1, -0.05) is 58.0 Å². The molecule has 17 N–H and O–H groups in total. The molecule has 11 amide bonds. The molecule has 0 aliphatic carbocycles. The van der Waals surface area contributed by atoms with Gasteiger partial charge in [0.1, 0.15) is 48.3 Å². The summed E-state index contributed by atoms with van der Waals surface area (Å²) in [4.78, 5) is 162. The third-order valence-corrected chi connectivity index (χ3v) is 13.8. The summed E-state index contributed by atoms with van der Waals surface area (Å²) in [6, 6.07) is -3.10. The number of aliphatic hydroxyl groups is 2. The molecule has 28 heteroatoms. The van der Waals surface area contributed by atoms with Crippen molar-refractivity contribution in [2.75, 3.05) is 32.7 Å². The summed E-state index contributed by atoms with van der Waals surface area (Å²) in [6.45, 7) is 8.81. The number of benzene rings is 1. The first-order chi connectivity index (χ1) is 38.6. The first-order valence-corrected chi connectivity index (χ1v) is 28.0. The van der Waals surface area contributed by atoms with Crippen molar-refractivity contribution in [3.8, 4) is 0 Å². The molecular weight excluding hydrogens is 1070 g/mol. The highest BCUT2D eigenvalue weighted by molar-refractivity contribution is 5.99. The van der Waals surface area contributed by atoms with Gasteiger partial charge in [-0.25, -0.2) is 4.79 Å². The molecule has 458 valence electrons. The molecule has 0 unspecified atom stereocenters. The average Bonchev–Trinajstić information content (AvgIpc) is 4.12. The molecule has 2 fully saturated rings. The molecule has 0 saturated carbocycles. The van der Waals surface area contributed by atoms with Gasteiger partial charge in [0.05, 0.1) is 31.3 Å². The number of aliphatic hydroxyl groups excluding tert-OH is 2. The van der Waals surface area contributed by atoms with Crippen molar-refractivity contribution in [2.24, 2.45) is 29.0 Å². The summed E-state index contributed by atoms with van der Waals surface area (Å²) in [5.74, 6) is -10.4. The number of carboxylic acids is 1. The number of hydrogen-bond acceptors (Lipinski definition) is 16. The number of nitrogens with zero attached hydrogens (tertiary/aromatic N) is 2. The van der Waals surface area contributed by atoms with Gasteiger partial charge in [-0.05, 0) is 102 Å². The van der Waals surface area contributed by atoms with E-state index in [1.807, 2.05) is 13.8 Å². The molecule has 1 aromatic rings. The molecule has 0 bridgehead atoms. The number of carbonyl (C=O) groups excluding carboxylic acids is 11. The number of primary amides is 1. The van der Waals surface area contributed by atoms with Crippen molar-refractivity contribution in [1.29, 1.82) is 0 Å². The number of likely N-dealkylation sites (tertiary alicyclic amines) is 2. The SMILES string of the molecule is CC(C)C[C@H](NC(=O)[C@@H](NC(=O)[C@@H](NC(=O)CNC(=O)[C@H](CCC(N)=O)NC(=O)[C@@H]1CCCN1C(=O)[C@@H](N)CC(C)C)[C@@H](C)O)[C@@H](C)O)C(=O)N1CCC[C@H]1C(=O)N[C@@H](CCCCN)C(=O)NCC(=O)N[C@@H](Cc1ccccc1)C(=O)O. The van der Waals surface area contributed by atoms with Gasteiger partial charge >= 0.3 is 5.97 Å². The van der Waals surface area contributed by atoms with Crippen molar-refractivity contribution < 1.29 is 72.9 Å².